The number of Topliss-reactive ketones (excluding diaryl/α,β-unsaturated/α-hetero) is 1. The summed E-state index contributed by atoms with van der Waals surface area (Å²) in [7, 11) is 0. The molecule has 1 N–H and O–H groups in total. The number of hydrogen-bond acceptors (Lipinski definition) is 3. The smallest absolute Gasteiger partial charge is 0.387 e. The largest absolute Gasteiger partial charge is 0.435 e. The summed E-state index contributed by atoms with van der Waals surface area (Å²) in [4.78, 5) is 23.0. The van der Waals surface area contributed by atoms with Gasteiger partial charge in [0, 0.05) is 24.4 Å². The van der Waals surface area contributed by atoms with Gasteiger partial charge < -0.3 is 10.1 Å². The summed E-state index contributed by atoms with van der Waals surface area (Å²) in [5, 5.41) is 2.84. The second-order valence-corrected chi connectivity index (χ2v) is 4.69. The molecule has 1 amide bonds. The first-order valence-corrected chi connectivity index (χ1v) is 6.42. The molecule has 0 heterocycles. The highest BCUT2D eigenvalue weighted by Gasteiger charge is 2.20. The van der Waals surface area contributed by atoms with Crippen LogP contribution in [-0.2, 0) is 4.79 Å². The number of ether oxygens (including phenoxy) is 1. The van der Waals surface area contributed by atoms with E-state index in [-0.39, 0.29) is 23.5 Å². The first-order chi connectivity index (χ1) is 9.54. The van der Waals surface area contributed by atoms with Gasteiger partial charge in [0.25, 0.3) is 5.91 Å². The van der Waals surface area contributed by atoms with Crippen molar-refractivity contribution in [2.45, 2.75) is 38.3 Å². The lowest BCUT2D eigenvalue weighted by Crippen LogP contribution is -2.37. The average molecular weight is 283 g/mol. The van der Waals surface area contributed by atoms with Crippen molar-refractivity contribution in [2.75, 3.05) is 0 Å². The van der Waals surface area contributed by atoms with Gasteiger partial charge >= 0.3 is 6.61 Å². The zero-order valence-corrected chi connectivity index (χ0v) is 10.8. The number of rotatable bonds is 4. The van der Waals surface area contributed by atoms with Crippen molar-refractivity contribution in [2.24, 2.45) is 0 Å². The molecular weight excluding hydrogens is 268 g/mol. The highest BCUT2D eigenvalue weighted by molar-refractivity contribution is 5.94. The van der Waals surface area contributed by atoms with Crippen LogP contribution in [0.5, 0.6) is 5.75 Å². The Balaban J connectivity index is 1.90. The number of nitrogens with one attached hydrogen (secondary N) is 1. The van der Waals surface area contributed by atoms with Crippen molar-refractivity contribution in [3.8, 4) is 5.75 Å². The number of halogens is 2. The maximum Gasteiger partial charge on any atom is 0.387 e. The van der Waals surface area contributed by atoms with Crippen LogP contribution in [0.4, 0.5) is 8.78 Å². The molecule has 1 saturated carbocycles. The Kier molecular flexibility index (Phi) is 4.65. The van der Waals surface area contributed by atoms with Gasteiger partial charge in [0.2, 0.25) is 0 Å². The third kappa shape index (κ3) is 4.01. The minimum absolute atomic E-state index is 0.00260. The van der Waals surface area contributed by atoms with Crippen LogP contribution in [0, 0.1) is 0 Å². The normalized spacial score (nSPS) is 16.2. The van der Waals surface area contributed by atoms with E-state index < -0.39 is 6.61 Å². The number of alkyl halides is 2. The Labute approximate surface area is 115 Å². The Bertz CT molecular complexity index is 478. The number of benzene rings is 1. The lowest BCUT2D eigenvalue weighted by atomic mass is 9.94. The quantitative estimate of drug-likeness (QED) is 0.923. The predicted molar refractivity (Wildman–Crippen MR) is 67.8 cm³/mol. The molecule has 6 heteroatoms. The highest BCUT2D eigenvalue weighted by atomic mass is 19.3. The van der Waals surface area contributed by atoms with E-state index in [1.54, 1.807) is 0 Å². The fourth-order valence-electron chi connectivity index (χ4n) is 2.14. The topological polar surface area (TPSA) is 55.4 Å². The van der Waals surface area contributed by atoms with Gasteiger partial charge in [0.15, 0.2) is 0 Å². The number of amides is 1. The molecule has 0 aromatic heterocycles. The third-order valence-corrected chi connectivity index (χ3v) is 3.22. The van der Waals surface area contributed by atoms with Crippen molar-refractivity contribution in [3.05, 3.63) is 29.8 Å². The molecule has 1 aliphatic rings. The van der Waals surface area contributed by atoms with Gasteiger partial charge in [-0.3, -0.25) is 9.59 Å². The van der Waals surface area contributed by atoms with Gasteiger partial charge in [0.05, 0.1) is 0 Å². The molecule has 2 rings (SSSR count). The lowest BCUT2D eigenvalue weighted by molar-refractivity contribution is -0.120. The summed E-state index contributed by atoms with van der Waals surface area (Å²) in [6.45, 7) is -2.88. The molecule has 0 aliphatic heterocycles. The Morgan fingerprint density at radius 2 is 1.80 bits per heavy atom. The minimum atomic E-state index is -2.88. The first-order valence-electron chi connectivity index (χ1n) is 6.42. The summed E-state index contributed by atoms with van der Waals surface area (Å²) in [6, 6.07) is 5.51. The van der Waals surface area contributed by atoms with Crippen LogP contribution in [0.25, 0.3) is 0 Å². The first kappa shape index (κ1) is 14.4. The summed E-state index contributed by atoms with van der Waals surface area (Å²) in [5.41, 5.74) is 0.378. The standard InChI is InChI=1S/C14H15F2NO3/c15-14(16)20-12-7-1-9(2-8-12)13(19)17-10-3-5-11(18)6-4-10/h1-2,7-8,10,14H,3-6H2,(H,17,19). The maximum absolute atomic E-state index is 12.0. The van der Waals surface area contributed by atoms with Gasteiger partial charge in [-0.05, 0) is 37.1 Å². The zero-order valence-electron chi connectivity index (χ0n) is 10.8. The zero-order chi connectivity index (χ0) is 14.5. The van der Waals surface area contributed by atoms with E-state index >= 15 is 0 Å². The van der Waals surface area contributed by atoms with E-state index in [0.29, 0.717) is 31.2 Å². The highest BCUT2D eigenvalue weighted by Crippen LogP contribution is 2.17. The molecule has 0 atom stereocenters. The van der Waals surface area contributed by atoms with E-state index in [0.717, 1.165) is 0 Å². The molecule has 108 valence electrons. The van der Waals surface area contributed by atoms with E-state index in [1.807, 2.05) is 0 Å². The Hall–Kier alpha value is -1.98. The summed E-state index contributed by atoms with van der Waals surface area (Å²) < 4.78 is 28.2. The van der Waals surface area contributed by atoms with Crippen molar-refractivity contribution >= 4 is 11.7 Å². The second kappa shape index (κ2) is 6.45. The molecule has 1 fully saturated rings. The predicted octanol–water partition coefficient (Wildman–Crippen LogP) is 2.53. The molecule has 0 bridgehead atoms. The van der Waals surface area contributed by atoms with Gasteiger partial charge in [-0.25, -0.2) is 0 Å². The van der Waals surface area contributed by atoms with E-state index in [9.17, 15) is 18.4 Å². The van der Waals surface area contributed by atoms with Crippen molar-refractivity contribution in [1.29, 1.82) is 0 Å². The molecule has 1 aliphatic carbocycles. The number of carbonyl (C=O) groups excluding carboxylic acids is 2. The molecule has 0 spiro atoms. The minimum Gasteiger partial charge on any atom is -0.435 e. The van der Waals surface area contributed by atoms with Crippen LogP contribution in [0.1, 0.15) is 36.0 Å². The average Bonchev–Trinajstić information content (AvgIpc) is 2.41. The lowest BCUT2D eigenvalue weighted by Gasteiger charge is -2.22. The van der Waals surface area contributed by atoms with Gasteiger partial charge in [-0.2, -0.15) is 8.78 Å². The van der Waals surface area contributed by atoms with Crippen LogP contribution in [0.3, 0.4) is 0 Å². The molecule has 1 aromatic rings. The molecule has 0 saturated heterocycles. The maximum atomic E-state index is 12.0. The molecule has 0 radical (unpaired) electrons. The molecule has 20 heavy (non-hydrogen) atoms. The van der Waals surface area contributed by atoms with Crippen LogP contribution >= 0.6 is 0 Å². The fourth-order valence-corrected chi connectivity index (χ4v) is 2.14. The molecular formula is C14H15F2NO3. The van der Waals surface area contributed by atoms with Crippen molar-refractivity contribution in [3.63, 3.8) is 0 Å². The fraction of sp³-hybridized carbons (Fsp3) is 0.429. The summed E-state index contributed by atoms with van der Waals surface area (Å²) in [6.07, 6.45) is 2.28. The SMILES string of the molecule is O=C1CCC(NC(=O)c2ccc(OC(F)F)cc2)CC1. The van der Waals surface area contributed by atoms with Crippen LogP contribution in [0.15, 0.2) is 24.3 Å². The van der Waals surface area contributed by atoms with E-state index in [4.69, 9.17) is 0 Å². The van der Waals surface area contributed by atoms with Crippen LogP contribution < -0.4 is 10.1 Å². The number of carbonyl (C=O) groups is 2. The van der Waals surface area contributed by atoms with Crippen LogP contribution in [0.2, 0.25) is 0 Å². The van der Waals surface area contributed by atoms with Gasteiger partial charge in [-0.1, -0.05) is 0 Å². The van der Waals surface area contributed by atoms with Gasteiger partial charge in [-0.15, -0.1) is 0 Å². The summed E-state index contributed by atoms with van der Waals surface area (Å²) in [5.74, 6) is -0.0308. The monoisotopic (exact) mass is 283 g/mol. The Morgan fingerprint density at radius 1 is 1.20 bits per heavy atom. The Morgan fingerprint density at radius 3 is 2.35 bits per heavy atom. The molecule has 1 aromatic carbocycles. The number of ketones is 1. The van der Waals surface area contributed by atoms with Crippen molar-refractivity contribution in [1.82, 2.24) is 5.32 Å². The van der Waals surface area contributed by atoms with Crippen molar-refractivity contribution < 1.29 is 23.1 Å². The number of hydrogen-bond donors (Lipinski definition) is 1. The summed E-state index contributed by atoms with van der Waals surface area (Å²) >= 11 is 0. The van der Waals surface area contributed by atoms with Gasteiger partial charge in [0.1, 0.15) is 11.5 Å². The third-order valence-electron chi connectivity index (χ3n) is 3.22. The van der Waals surface area contributed by atoms with E-state index in [1.165, 1.54) is 24.3 Å². The molecule has 0 unspecified atom stereocenters. The van der Waals surface area contributed by atoms with E-state index in [2.05, 4.69) is 10.1 Å². The second-order valence-electron chi connectivity index (χ2n) is 4.69. The van der Waals surface area contributed by atoms with Crippen LogP contribution in [-0.4, -0.2) is 24.3 Å². The molecule has 4 nitrogen and oxygen atoms in total.